The van der Waals surface area contributed by atoms with Crippen LogP contribution in [0.3, 0.4) is 0 Å². The van der Waals surface area contributed by atoms with Crippen LogP contribution in [0.5, 0.6) is 11.5 Å². The number of amides is 1. The van der Waals surface area contributed by atoms with Crippen LogP contribution >= 0.6 is 0 Å². The van der Waals surface area contributed by atoms with Crippen molar-refractivity contribution in [3.63, 3.8) is 0 Å². The number of aryl methyl sites for hydroxylation is 3. The summed E-state index contributed by atoms with van der Waals surface area (Å²) in [6.45, 7) is 8.86. The van der Waals surface area contributed by atoms with Crippen molar-refractivity contribution in [2.75, 3.05) is 45.3 Å². The summed E-state index contributed by atoms with van der Waals surface area (Å²) in [4.78, 5) is 27.2. The predicted molar refractivity (Wildman–Crippen MR) is 138 cm³/mol. The van der Waals surface area contributed by atoms with Crippen molar-refractivity contribution >= 4 is 11.7 Å². The summed E-state index contributed by atoms with van der Waals surface area (Å²) >= 11 is 0. The van der Waals surface area contributed by atoms with Crippen molar-refractivity contribution in [3.8, 4) is 11.5 Å². The molecule has 1 fully saturated rings. The van der Waals surface area contributed by atoms with Gasteiger partial charge in [-0.1, -0.05) is 35.9 Å². The lowest BCUT2D eigenvalue weighted by Gasteiger charge is -2.26. The standard InChI is InChI=1S/C28H34N4O3/c1-19-10-12-22(13-11-19)18-23-20(2)29-21(3)30-27(23)31-14-7-15-32(17-16-31)28(33)26-24(34-4)8-6-9-25(26)35-5/h6,8-13H,7,14-18H2,1-5H3. The van der Waals surface area contributed by atoms with Crippen molar-refractivity contribution in [3.05, 3.63) is 76.2 Å². The molecule has 3 aromatic rings. The second kappa shape index (κ2) is 10.8. The van der Waals surface area contributed by atoms with Crippen LogP contribution < -0.4 is 14.4 Å². The Morgan fingerprint density at radius 2 is 1.57 bits per heavy atom. The summed E-state index contributed by atoms with van der Waals surface area (Å²) < 4.78 is 10.9. The fourth-order valence-electron chi connectivity index (χ4n) is 4.65. The molecule has 0 saturated carbocycles. The lowest BCUT2D eigenvalue weighted by atomic mass is 10.0. The topological polar surface area (TPSA) is 67.8 Å². The van der Waals surface area contributed by atoms with Gasteiger partial charge in [-0.15, -0.1) is 0 Å². The molecule has 1 aliphatic heterocycles. The van der Waals surface area contributed by atoms with Crippen LogP contribution in [0.2, 0.25) is 0 Å². The molecule has 1 aromatic heterocycles. The molecule has 0 radical (unpaired) electrons. The Balaban J connectivity index is 1.58. The molecule has 2 heterocycles. The third kappa shape index (κ3) is 5.39. The summed E-state index contributed by atoms with van der Waals surface area (Å²) in [5, 5.41) is 0. The van der Waals surface area contributed by atoms with Crippen molar-refractivity contribution in [1.82, 2.24) is 14.9 Å². The maximum Gasteiger partial charge on any atom is 0.261 e. The first-order valence-electron chi connectivity index (χ1n) is 12.1. The SMILES string of the molecule is COc1cccc(OC)c1C(=O)N1CCCN(c2nc(C)nc(C)c2Cc2ccc(C)cc2)CC1. The molecule has 1 amide bonds. The van der Waals surface area contributed by atoms with Gasteiger partial charge in [-0.2, -0.15) is 0 Å². The minimum Gasteiger partial charge on any atom is -0.496 e. The molecule has 0 unspecified atom stereocenters. The van der Waals surface area contributed by atoms with Gasteiger partial charge in [0.25, 0.3) is 5.91 Å². The number of hydrogen-bond acceptors (Lipinski definition) is 6. The maximum absolute atomic E-state index is 13.5. The Morgan fingerprint density at radius 3 is 2.23 bits per heavy atom. The van der Waals surface area contributed by atoms with Gasteiger partial charge in [-0.25, -0.2) is 9.97 Å². The largest absolute Gasteiger partial charge is 0.496 e. The molecule has 7 nitrogen and oxygen atoms in total. The second-order valence-electron chi connectivity index (χ2n) is 8.99. The minimum atomic E-state index is -0.0731. The highest BCUT2D eigenvalue weighted by molar-refractivity contribution is 5.99. The molecule has 0 bridgehead atoms. The lowest BCUT2D eigenvalue weighted by molar-refractivity contribution is 0.0760. The van der Waals surface area contributed by atoms with Crippen molar-refractivity contribution < 1.29 is 14.3 Å². The number of carbonyl (C=O) groups is 1. The van der Waals surface area contributed by atoms with Crippen LogP contribution in [0.4, 0.5) is 5.82 Å². The first kappa shape index (κ1) is 24.5. The molecule has 184 valence electrons. The molecule has 0 spiro atoms. The van der Waals surface area contributed by atoms with Gasteiger partial charge in [0.2, 0.25) is 0 Å². The van der Waals surface area contributed by atoms with Gasteiger partial charge in [-0.3, -0.25) is 4.79 Å². The van der Waals surface area contributed by atoms with E-state index in [9.17, 15) is 4.79 Å². The zero-order valence-electron chi connectivity index (χ0n) is 21.3. The highest BCUT2D eigenvalue weighted by Gasteiger charge is 2.27. The van der Waals surface area contributed by atoms with E-state index in [0.717, 1.165) is 42.3 Å². The average molecular weight is 475 g/mol. The molecule has 35 heavy (non-hydrogen) atoms. The summed E-state index contributed by atoms with van der Waals surface area (Å²) in [6, 6.07) is 14.0. The predicted octanol–water partition coefficient (Wildman–Crippen LogP) is 4.36. The van der Waals surface area contributed by atoms with Gasteiger partial charge < -0.3 is 19.3 Å². The number of carbonyl (C=O) groups excluding carboxylic acids is 1. The molecular formula is C28H34N4O3. The molecule has 4 rings (SSSR count). The van der Waals surface area contributed by atoms with Gasteiger partial charge in [0.15, 0.2) is 0 Å². The molecule has 1 saturated heterocycles. The summed E-state index contributed by atoms with van der Waals surface area (Å²) in [5.41, 5.74) is 5.10. The van der Waals surface area contributed by atoms with E-state index in [0.29, 0.717) is 36.7 Å². The average Bonchev–Trinajstić information content (AvgIpc) is 3.12. The number of nitrogens with zero attached hydrogens (tertiary/aromatic N) is 4. The quantitative estimate of drug-likeness (QED) is 0.529. The summed E-state index contributed by atoms with van der Waals surface area (Å²) in [7, 11) is 3.15. The van der Waals surface area contributed by atoms with Gasteiger partial charge in [0.1, 0.15) is 28.7 Å². The lowest BCUT2D eigenvalue weighted by Crippen LogP contribution is -2.36. The number of benzene rings is 2. The van der Waals surface area contributed by atoms with Crippen LogP contribution in [-0.4, -0.2) is 61.2 Å². The number of rotatable bonds is 6. The molecule has 0 N–H and O–H groups in total. The Hall–Kier alpha value is -3.61. The van der Waals surface area contributed by atoms with Crippen molar-refractivity contribution in [1.29, 1.82) is 0 Å². The number of hydrogen-bond donors (Lipinski definition) is 0. The molecule has 2 aromatic carbocycles. The van der Waals surface area contributed by atoms with Gasteiger partial charge in [0, 0.05) is 43.9 Å². The zero-order chi connectivity index (χ0) is 24.9. The van der Waals surface area contributed by atoms with Crippen LogP contribution in [0, 0.1) is 20.8 Å². The normalized spacial score (nSPS) is 14.0. The van der Waals surface area contributed by atoms with Crippen LogP contribution in [0.15, 0.2) is 42.5 Å². The Bertz CT molecular complexity index is 1170. The Labute approximate surface area is 207 Å². The monoisotopic (exact) mass is 474 g/mol. The Kier molecular flexibility index (Phi) is 7.54. The minimum absolute atomic E-state index is 0.0731. The number of anilines is 1. The van der Waals surface area contributed by atoms with Crippen molar-refractivity contribution in [2.24, 2.45) is 0 Å². The zero-order valence-corrected chi connectivity index (χ0v) is 21.3. The highest BCUT2D eigenvalue weighted by atomic mass is 16.5. The van der Waals surface area contributed by atoms with Crippen molar-refractivity contribution in [2.45, 2.75) is 33.6 Å². The van der Waals surface area contributed by atoms with E-state index in [-0.39, 0.29) is 5.91 Å². The fraction of sp³-hybridized carbons (Fsp3) is 0.393. The number of aromatic nitrogens is 2. The first-order valence-corrected chi connectivity index (χ1v) is 12.1. The summed E-state index contributed by atoms with van der Waals surface area (Å²) in [6.07, 6.45) is 1.62. The first-order chi connectivity index (χ1) is 16.9. The smallest absolute Gasteiger partial charge is 0.261 e. The summed E-state index contributed by atoms with van der Waals surface area (Å²) in [5.74, 6) is 2.72. The van der Waals surface area contributed by atoms with Gasteiger partial charge in [0.05, 0.1) is 14.2 Å². The number of ether oxygens (including phenoxy) is 2. The molecule has 1 aliphatic rings. The van der Waals surface area contributed by atoms with Gasteiger partial charge in [-0.05, 0) is 44.9 Å². The van der Waals surface area contributed by atoms with E-state index < -0.39 is 0 Å². The third-order valence-corrected chi connectivity index (χ3v) is 6.53. The third-order valence-electron chi connectivity index (χ3n) is 6.53. The van der Waals surface area contributed by atoms with E-state index in [1.54, 1.807) is 26.4 Å². The van der Waals surface area contributed by atoms with Crippen LogP contribution in [0.25, 0.3) is 0 Å². The Morgan fingerprint density at radius 1 is 0.886 bits per heavy atom. The maximum atomic E-state index is 13.5. The van der Waals surface area contributed by atoms with Crippen LogP contribution in [0.1, 0.15) is 45.0 Å². The van der Waals surface area contributed by atoms with E-state index in [2.05, 4.69) is 48.0 Å². The highest BCUT2D eigenvalue weighted by Crippen LogP contribution is 2.31. The number of methoxy groups -OCH3 is 2. The van der Waals surface area contributed by atoms with E-state index in [1.807, 2.05) is 17.9 Å². The fourth-order valence-corrected chi connectivity index (χ4v) is 4.65. The molecule has 0 atom stereocenters. The van der Waals surface area contributed by atoms with E-state index >= 15 is 0 Å². The van der Waals surface area contributed by atoms with Gasteiger partial charge >= 0.3 is 0 Å². The molecule has 0 aliphatic carbocycles. The van der Waals surface area contributed by atoms with Crippen LogP contribution in [-0.2, 0) is 6.42 Å². The molecular weight excluding hydrogens is 440 g/mol. The van der Waals surface area contributed by atoms with E-state index in [1.165, 1.54) is 11.1 Å². The second-order valence-corrected chi connectivity index (χ2v) is 8.99. The van der Waals surface area contributed by atoms with E-state index in [4.69, 9.17) is 14.5 Å². The molecule has 7 heteroatoms.